The number of alkyl halides is 3. The van der Waals surface area contributed by atoms with Crippen LogP contribution in [0.2, 0.25) is 0 Å². The minimum absolute atomic E-state index is 0.00847. The summed E-state index contributed by atoms with van der Waals surface area (Å²) in [7, 11) is 1.66. The first-order chi connectivity index (χ1) is 22.8. The summed E-state index contributed by atoms with van der Waals surface area (Å²) in [6, 6.07) is 14.0. The maximum Gasteiger partial charge on any atom is 0.435 e. The quantitative estimate of drug-likeness (QED) is 0.182. The van der Waals surface area contributed by atoms with Gasteiger partial charge in [-0.15, -0.1) is 0 Å². The zero-order valence-electron chi connectivity index (χ0n) is 29.5. The highest BCUT2D eigenvalue weighted by molar-refractivity contribution is 5.73. The zero-order valence-corrected chi connectivity index (χ0v) is 29.5. The Morgan fingerprint density at radius 2 is 1.33 bits per heavy atom. The molecule has 0 saturated carbocycles. The van der Waals surface area contributed by atoms with Gasteiger partial charge in [0.15, 0.2) is 5.69 Å². The molecule has 2 N–H and O–H groups in total. The van der Waals surface area contributed by atoms with Crippen LogP contribution >= 0.6 is 0 Å². The summed E-state index contributed by atoms with van der Waals surface area (Å²) in [6.45, 7) is 14.5. The molecule has 1 atom stereocenters. The maximum atomic E-state index is 14.1. The van der Waals surface area contributed by atoms with Crippen LogP contribution in [-0.4, -0.2) is 66.7 Å². The van der Waals surface area contributed by atoms with Gasteiger partial charge in [-0.1, -0.05) is 55.5 Å². The smallest absolute Gasteiger partial charge is 0.435 e. The van der Waals surface area contributed by atoms with Crippen molar-refractivity contribution in [2.24, 2.45) is 0 Å². The summed E-state index contributed by atoms with van der Waals surface area (Å²) in [4.78, 5) is 42.4. The van der Waals surface area contributed by atoms with Gasteiger partial charge < -0.3 is 29.2 Å². The van der Waals surface area contributed by atoms with Gasteiger partial charge in [-0.25, -0.2) is 19.6 Å². The number of rotatable bonds is 9. The molecule has 13 heteroatoms. The molecule has 0 unspecified atom stereocenters. The summed E-state index contributed by atoms with van der Waals surface area (Å²) < 4.78 is 53.2. The van der Waals surface area contributed by atoms with E-state index in [-0.39, 0.29) is 24.1 Å². The molecule has 4 aromatic rings. The first kappa shape index (κ1) is 37.0. The van der Waals surface area contributed by atoms with Crippen LogP contribution in [0.25, 0.3) is 33.6 Å². The van der Waals surface area contributed by atoms with Crippen LogP contribution in [0.3, 0.4) is 0 Å². The van der Waals surface area contributed by atoms with Crippen LogP contribution in [0.1, 0.15) is 85.2 Å². The van der Waals surface area contributed by atoms with E-state index in [4.69, 9.17) is 9.47 Å². The molecule has 264 valence electrons. The molecule has 0 radical (unpaired) electrons. The first-order valence-corrected chi connectivity index (χ1v) is 16.1. The molecular formula is C36H45F3N6O4. The van der Waals surface area contributed by atoms with Gasteiger partial charge in [-0.2, -0.15) is 13.2 Å². The average Bonchev–Trinajstić information content (AvgIpc) is 3.67. The Balaban J connectivity index is 1.51. The van der Waals surface area contributed by atoms with Crippen molar-refractivity contribution in [3.63, 3.8) is 0 Å². The van der Waals surface area contributed by atoms with E-state index in [0.29, 0.717) is 24.4 Å². The molecule has 10 nitrogen and oxygen atoms in total. The molecule has 49 heavy (non-hydrogen) atoms. The number of carbonyl (C=O) groups excluding carboxylic acids is 2. The third kappa shape index (κ3) is 9.64. The number of imidazole rings is 2. The molecule has 0 spiro atoms. The number of hydrogen-bond acceptors (Lipinski definition) is 6. The lowest BCUT2D eigenvalue weighted by atomic mass is 10.0. The molecule has 0 aliphatic carbocycles. The topological polar surface area (TPSA) is 116 Å². The van der Waals surface area contributed by atoms with Crippen molar-refractivity contribution >= 4 is 12.2 Å². The fraction of sp³-hybridized carbons (Fsp3) is 0.444. The van der Waals surface area contributed by atoms with E-state index in [2.05, 4.69) is 19.9 Å². The normalized spacial score (nSPS) is 12.8. The highest BCUT2D eigenvalue weighted by Crippen LogP contribution is 2.37. The second-order valence-corrected chi connectivity index (χ2v) is 13.9. The second kappa shape index (κ2) is 14.4. The van der Waals surface area contributed by atoms with E-state index >= 15 is 0 Å². The van der Waals surface area contributed by atoms with Gasteiger partial charge in [0, 0.05) is 19.2 Å². The monoisotopic (exact) mass is 682 g/mol. The second-order valence-electron chi connectivity index (χ2n) is 13.9. The number of hydrogen-bond donors (Lipinski definition) is 2. The summed E-state index contributed by atoms with van der Waals surface area (Å²) in [5.74, 6) is 0.611. The largest absolute Gasteiger partial charge is 0.444 e. The van der Waals surface area contributed by atoms with E-state index in [0.717, 1.165) is 22.4 Å². The Morgan fingerprint density at radius 3 is 1.84 bits per heavy atom. The van der Waals surface area contributed by atoms with E-state index < -0.39 is 35.3 Å². The number of nitrogens with one attached hydrogen (secondary N) is 2. The first-order valence-electron chi connectivity index (χ1n) is 16.1. The number of amides is 2. The standard InChI is InChI=1S/C36H45F3N6O4/c1-10-19-45(33(47)49-35(6,7)8)21-28-42-29(30(43-28)36(37,38)39)26-17-13-24(14-18-26)23-11-15-25(16-12-23)27-20-40-31(41-27)22(2)44(9)32(46)48-34(3,4)5/h11-18,20,22H,10,19,21H2,1-9H3,(H,40,41)(H,42,43)/t22-/m0/s1. The Labute approximate surface area is 285 Å². The molecule has 0 saturated heterocycles. The fourth-order valence-electron chi connectivity index (χ4n) is 4.97. The van der Waals surface area contributed by atoms with Gasteiger partial charge in [0.2, 0.25) is 0 Å². The van der Waals surface area contributed by atoms with Gasteiger partial charge in [0.25, 0.3) is 0 Å². The lowest BCUT2D eigenvalue weighted by molar-refractivity contribution is -0.140. The number of carbonyl (C=O) groups is 2. The van der Waals surface area contributed by atoms with E-state index in [1.54, 1.807) is 58.3 Å². The van der Waals surface area contributed by atoms with Crippen molar-refractivity contribution in [3.05, 3.63) is 72.1 Å². The molecule has 4 rings (SSSR count). The zero-order chi connectivity index (χ0) is 36.3. The van der Waals surface area contributed by atoms with Gasteiger partial charge in [-0.05, 0) is 71.6 Å². The molecule has 2 aromatic carbocycles. The van der Waals surface area contributed by atoms with E-state index in [1.807, 2.05) is 58.9 Å². The highest BCUT2D eigenvalue weighted by atomic mass is 19.4. The van der Waals surface area contributed by atoms with Crippen molar-refractivity contribution < 1.29 is 32.2 Å². The number of halogens is 3. The van der Waals surface area contributed by atoms with E-state index in [1.165, 1.54) is 9.80 Å². The number of aromatic nitrogens is 4. The van der Waals surface area contributed by atoms with Gasteiger partial charge >= 0.3 is 18.4 Å². The minimum atomic E-state index is -4.71. The molecule has 2 heterocycles. The average molecular weight is 683 g/mol. The Bertz CT molecular complexity index is 1730. The Hall–Kier alpha value is -4.81. The predicted octanol–water partition coefficient (Wildman–Crippen LogP) is 9.23. The predicted molar refractivity (Wildman–Crippen MR) is 181 cm³/mol. The summed E-state index contributed by atoms with van der Waals surface area (Å²) in [5, 5.41) is 0. The summed E-state index contributed by atoms with van der Waals surface area (Å²) in [5.41, 5.74) is 1.02. The van der Waals surface area contributed by atoms with Crippen molar-refractivity contribution in [3.8, 4) is 33.6 Å². The highest BCUT2D eigenvalue weighted by Gasteiger charge is 2.38. The van der Waals surface area contributed by atoms with Crippen LogP contribution in [0.5, 0.6) is 0 Å². The van der Waals surface area contributed by atoms with E-state index in [9.17, 15) is 22.8 Å². The number of H-pyrrole nitrogens is 2. The minimum Gasteiger partial charge on any atom is -0.444 e. The summed E-state index contributed by atoms with van der Waals surface area (Å²) >= 11 is 0. The number of aromatic amines is 2. The van der Waals surface area contributed by atoms with Crippen molar-refractivity contribution in [1.82, 2.24) is 29.7 Å². The number of nitrogens with zero attached hydrogens (tertiary/aromatic N) is 4. The molecule has 0 bridgehead atoms. The van der Waals surface area contributed by atoms with Crippen LogP contribution in [0.15, 0.2) is 54.7 Å². The van der Waals surface area contributed by atoms with Crippen LogP contribution in [0, 0.1) is 0 Å². The van der Waals surface area contributed by atoms with Crippen LogP contribution in [0.4, 0.5) is 22.8 Å². The van der Waals surface area contributed by atoms with Crippen LogP contribution in [-0.2, 0) is 22.2 Å². The Morgan fingerprint density at radius 1 is 0.816 bits per heavy atom. The van der Waals surface area contributed by atoms with Gasteiger partial charge in [-0.3, -0.25) is 0 Å². The molecule has 0 aliphatic heterocycles. The van der Waals surface area contributed by atoms with Gasteiger partial charge in [0.1, 0.15) is 22.9 Å². The van der Waals surface area contributed by atoms with Gasteiger partial charge in [0.05, 0.1) is 30.2 Å². The Kier molecular flexibility index (Phi) is 10.8. The van der Waals surface area contributed by atoms with Crippen molar-refractivity contribution in [1.29, 1.82) is 0 Å². The van der Waals surface area contributed by atoms with Crippen molar-refractivity contribution in [2.75, 3.05) is 13.6 Å². The number of ether oxygens (including phenoxy) is 2. The third-order valence-electron chi connectivity index (χ3n) is 7.46. The number of benzene rings is 2. The molecule has 2 aromatic heterocycles. The fourth-order valence-corrected chi connectivity index (χ4v) is 4.97. The maximum absolute atomic E-state index is 14.1. The lowest BCUT2D eigenvalue weighted by Crippen LogP contribution is -2.37. The molecule has 0 aliphatic rings. The van der Waals surface area contributed by atoms with Crippen molar-refractivity contribution in [2.45, 2.75) is 91.8 Å². The molecular weight excluding hydrogens is 637 g/mol. The SMILES string of the molecule is CCCN(Cc1nc(C(F)(F)F)c(-c2ccc(-c3ccc(-c4cnc([C@H](C)N(C)C(=O)OC(C)(C)C)[nH]4)cc3)cc2)[nH]1)C(=O)OC(C)(C)C. The lowest BCUT2D eigenvalue weighted by Gasteiger charge is -2.27. The molecule has 2 amide bonds. The molecule has 0 fully saturated rings. The van der Waals surface area contributed by atoms with Crippen LogP contribution < -0.4 is 0 Å². The summed E-state index contributed by atoms with van der Waals surface area (Å²) in [6.07, 6.45) is -3.49. The third-order valence-corrected chi connectivity index (χ3v) is 7.46.